The number of hydrogen-bond acceptors (Lipinski definition) is 10. The summed E-state index contributed by atoms with van der Waals surface area (Å²) in [5, 5.41) is 10.8. The van der Waals surface area contributed by atoms with E-state index in [1.54, 1.807) is 58.9 Å². The average Bonchev–Trinajstić information content (AvgIpc) is 3.43. The van der Waals surface area contributed by atoms with Gasteiger partial charge in [-0.3, -0.25) is 9.59 Å². The van der Waals surface area contributed by atoms with Crippen LogP contribution in [0.25, 0.3) is 11.1 Å². The highest BCUT2D eigenvalue weighted by molar-refractivity contribution is 8.00. The number of carbonyl (C=O) groups excluding carboxylic acids is 5. The molecule has 14 heteroatoms. The summed E-state index contributed by atoms with van der Waals surface area (Å²) in [6.07, 6.45) is -1.27. The summed E-state index contributed by atoms with van der Waals surface area (Å²) >= 11 is 1.25. The fourth-order valence-electron chi connectivity index (χ4n) is 5.90. The Hall–Kier alpha value is -5.24. The second-order valence-electron chi connectivity index (χ2n) is 14.2. The number of thioether (sulfide) groups is 1. The van der Waals surface area contributed by atoms with Crippen LogP contribution in [0.15, 0.2) is 72.8 Å². The van der Waals surface area contributed by atoms with Crippen molar-refractivity contribution in [3.05, 3.63) is 89.5 Å². The lowest BCUT2D eigenvalue weighted by atomic mass is 9.98. The van der Waals surface area contributed by atoms with Crippen molar-refractivity contribution in [1.29, 1.82) is 0 Å². The number of hydrogen-bond donors (Lipinski definition) is 4. The van der Waals surface area contributed by atoms with Crippen LogP contribution in [0.5, 0.6) is 5.75 Å². The number of benzene rings is 3. The lowest BCUT2D eigenvalue weighted by Crippen LogP contribution is -2.59. The molecular formula is C40H50N4O9S. The molecule has 0 unspecified atom stereocenters. The second kappa shape index (κ2) is 18.7. The molecule has 0 aromatic heterocycles. The van der Waals surface area contributed by atoms with Gasteiger partial charge in [0.15, 0.2) is 0 Å². The zero-order valence-electron chi connectivity index (χ0n) is 31.8. The summed E-state index contributed by atoms with van der Waals surface area (Å²) in [6, 6.07) is 20.6. The van der Waals surface area contributed by atoms with E-state index < -0.39 is 46.5 Å². The van der Waals surface area contributed by atoms with Crippen molar-refractivity contribution in [2.24, 2.45) is 0 Å². The molecule has 1 aliphatic rings. The van der Waals surface area contributed by atoms with Crippen LogP contribution in [0, 0.1) is 0 Å². The average molecular weight is 763 g/mol. The molecular weight excluding hydrogens is 713 g/mol. The minimum Gasteiger partial charge on any atom is -0.492 e. The lowest BCUT2D eigenvalue weighted by Gasteiger charge is -2.34. The van der Waals surface area contributed by atoms with Crippen molar-refractivity contribution < 1.29 is 42.9 Å². The molecule has 3 aromatic carbocycles. The van der Waals surface area contributed by atoms with Gasteiger partial charge < -0.3 is 40.2 Å². The molecule has 2 atom stereocenters. The lowest BCUT2D eigenvalue weighted by molar-refractivity contribution is -0.145. The molecule has 0 bridgehead atoms. The molecule has 54 heavy (non-hydrogen) atoms. The first kappa shape index (κ1) is 41.5. The summed E-state index contributed by atoms with van der Waals surface area (Å²) in [5.74, 6) is -1.05. The third-order valence-electron chi connectivity index (χ3n) is 8.53. The van der Waals surface area contributed by atoms with Gasteiger partial charge in [-0.1, -0.05) is 60.7 Å². The van der Waals surface area contributed by atoms with Crippen molar-refractivity contribution in [2.45, 2.75) is 76.3 Å². The summed E-state index contributed by atoms with van der Waals surface area (Å²) < 4.78 is 20.7. The van der Waals surface area contributed by atoms with Gasteiger partial charge in [0, 0.05) is 24.0 Å². The molecule has 3 aromatic rings. The van der Waals surface area contributed by atoms with Gasteiger partial charge in [0.05, 0.1) is 19.5 Å². The fourth-order valence-corrected chi connectivity index (χ4v) is 6.88. The topological polar surface area (TPSA) is 170 Å². The van der Waals surface area contributed by atoms with E-state index >= 15 is 0 Å². The third-order valence-corrected chi connectivity index (χ3v) is 9.80. The van der Waals surface area contributed by atoms with E-state index in [0.29, 0.717) is 11.3 Å². The molecule has 290 valence electrons. The number of nitrogens with one attached hydrogen (secondary N) is 4. The molecule has 4 N–H and O–H groups in total. The second-order valence-corrected chi connectivity index (χ2v) is 15.9. The quantitative estimate of drug-likeness (QED) is 0.0650. The summed E-state index contributed by atoms with van der Waals surface area (Å²) in [6.45, 7) is 10.7. The number of esters is 1. The first-order chi connectivity index (χ1) is 25.6. The van der Waals surface area contributed by atoms with Crippen LogP contribution in [0.1, 0.15) is 64.2 Å². The van der Waals surface area contributed by atoms with E-state index in [0.717, 1.165) is 22.3 Å². The molecule has 4 rings (SSSR count). The Morgan fingerprint density at radius 3 is 1.98 bits per heavy atom. The van der Waals surface area contributed by atoms with Crippen LogP contribution in [-0.2, 0) is 35.0 Å². The Balaban J connectivity index is 1.42. The molecule has 4 amide bonds. The Morgan fingerprint density at radius 2 is 1.41 bits per heavy atom. The van der Waals surface area contributed by atoms with Crippen LogP contribution in [0.2, 0.25) is 0 Å². The molecule has 13 nitrogen and oxygen atoms in total. The number of alkyl carbamates (subject to hydrolysis) is 2. The molecule has 0 heterocycles. The Labute approximate surface area is 320 Å². The minimum absolute atomic E-state index is 0.0401. The normalized spacial score (nSPS) is 13.3. The van der Waals surface area contributed by atoms with Gasteiger partial charge in [0.1, 0.15) is 36.6 Å². The highest BCUT2D eigenvalue weighted by Crippen LogP contribution is 2.44. The van der Waals surface area contributed by atoms with E-state index in [2.05, 4.69) is 21.3 Å². The molecule has 0 saturated carbocycles. The number of carbonyl (C=O) groups is 5. The Morgan fingerprint density at radius 1 is 0.796 bits per heavy atom. The number of ether oxygens (including phenoxy) is 4. The summed E-state index contributed by atoms with van der Waals surface area (Å²) in [5.41, 5.74) is 4.35. The van der Waals surface area contributed by atoms with Crippen LogP contribution in [0.3, 0.4) is 0 Å². The molecule has 0 radical (unpaired) electrons. The zero-order chi connectivity index (χ0) is 39.5. The maximum atomic E-state index is 14.0. The SMILES string of the molecule is COC(=O)[C@H](Cc1ccc(OCCNC(=O)OC(C)(C)C)cc1)NC(=O)[C@@H](NC(=O)OCC1c2ccccc2-c2ccccc21)C(C)(C)SCNC(C)=O. The minimum atomic E-state index is -1.19. The van der Waals surface area contributed by atoms with Gasteiger partial charge in [0.2, 0.25) is 11.8 Å². The van der Waals surface area contributed by atoms with Crippen LogP contribution >= 0.6 is 11.8 Å². The highest BCUT2D eigenvalue weighted by atomic mass is 32.2. The van der Waals surface area contributed by atoms with Crippen molar-refractivity contribution in [3.8, 4) is 16.9 Å². The number of fused-ring (bicyclic) bond motifs is 3. The van der Waals surface area contributed by atoms with Gasteiger partial charge in [-0.15, -0.1) is 11.8 Å². The van der Waals surface area contributed by atoms with Crippen LogP contribution in [-0.4, -0.2) is 85.1 Å². The van der Waals surface area contributed by atoms with E-state index in [1.165, 1.54) is 25.8 Å². The fraction of sp³-hybridized carbons (Fsp3) is 0.425. The molecule has 1 aliphatic carbocycles. The van der Waals surface area contributed by atoms with Gasteiger partial charge in [-0.2, -0.15) is 0 Å². The maximum absolute atomic E-state index is 14.0. The van der Waals surface area contributed by atoms with Crippen LogP contribution in [0.4, 0.5) is 9.59 Å². The molecule has 0 spiro atoms. The van der Waals surface area contributed by atoms with Gasteiger partial charge >= 0.3 is 18.2 Å². The number of methoxy groups -OCH3 is 1. The van der Waals surface area contributed by atoms with Crippen molar-refractivity contribution >= 4 is 41.7 Å². The first-order valence-electron chi connectivity index (χ1n) is 17.6. The monoisotopic (exact) mass is 762 g/mol. The third kappa shape index (κ3) is 11.9. The Bertz CT molecular complexity index is 1750. The molecule has 0 saturated heterocycles. The van der Waals surface area contributed by atoms with E-state index in [-0.39, 0.29) is 43.9 Å². The predicted octanol–water partition coefficient (Wildman–Crippen LogP) is 5.30. The smallest absolute Gasteiger partial charge is 0.407 e. The van der Waals surface area contributed by atoms with Gasteiger partial charge in [-0.05, 0) is 74.6 Å². The van der Waals surface area contributed by atoms with Crippen LogP contribution < -0.4 is 26.0 Å². The van der Waals surface area contributed by atoms with E-state index in [1.807, 2.05) is 48.5 Å². The number of rotatable bonds is 16. The standard InChI is InChI=1S/C40H50N4O9S/c1-25(45)42-24-54-40(5,6)34(44-38(49)52-23-32-30-14-10-8-12-28(30)29-13-9-11-15-31(29)32)35(46)43-33(36(47)50-7)22-26-16-18-27(19-17-26)51-21-20-41-37(48)53-39(2,3)4/h8-19,32-34H,20-24H2,1-7H3,(H,41,48)(H,42,45)(H,43,46)(H,44,49)/t33-,34+/m0/s1. The van der Waals surface area contributed by atoms with E-state index in [9.17, 15) is 24.0 Å². The molecule has 0 fully saturated rings. The van der Waals surface area contributed by atoms with Crippen molar-refractivity contribution in [3.63, 3.8) is 0 Å². The number of amides is 4. The summed E-state index contributed by atoms with van der Waals surface area (Å²) in [7, 11) is 1.23. The maximum Gasteiger partial charge on any atom is 0.407 e. The van der Waals surface area contributed by atoms with Gasteiger partial charge in [0.25, 0.3) is 0 Å². The first-order valence-corrected chi connectivity index (χ1v) is 18.6. The van der Waals surface area contributed by atoms with E-state index in [4.69, 9.17) is 18.9 Å². The van der Waals surface area contributed by atoms with Crippen molar-refractivity contribution in [1.82, 2.24) is 21.3 Å². The Kier molecular flexibility index (Phi) is 14.4. The zero-order valence-corrected chi connectivity index (χ0v) is 32.6. The van der Waals surface area contributed by atoms with Gasteiger partial charge in [-0.25, -0.2) is 14.4 Å². The largest absolute Gasteiger partial charge is 0.492 e. The highest BCUT2D eigenvalue weighted by Gasteiger charge is 2.40. The predicted molar refractivity (Wildman–Crippen MR) is 206 cm³/mol. The van der Waals surface area contributed by atoms with Crippen molar-refractivity contribution in [2.75, 3.05) is 32.7 Å². The molecule has 0 aliphatic heterocycles. The summed E-state index contributed by atoms with van der Waals surface area (Å²) in [4.78, 5) is 63.8.